The number of anilines is 1. The van der Waals surface area contributed by atoms with E-state index in [2.05, 4.69) is 36.1 Å². The number of aryl methyl sites for hydroxylation is 1. The molecule has 23 heavy (non-hydrogen) atoms. The first kappa shape index (κ1) is 16.3. The van der Waals surface area contributed by atoms with Gasteiger partial charge in [-0.2, -0.15) is 0 Å². The van der Waals surface area contributed by atoms with Gasteiger partial charge in [-0.3, -0.25) is 10.1 Å². The Kier molecular flexibility index (Phi) is 4.35. The highest BCUT2D eigenvalue weighted by Gasteiger charge is 2.20. The summed E-state index contributed by atoms with van der Waals surface area (Å²) in [6, 6.07) is 4.00. The number of carbonyl (C=O) groups excluding carboxylic acids is 1. The zero-order valence-electron chi connectivity index (χ0n) is 13.3. The van der Waals surface area contributed by atoms with E-state index in [0.717, 1.165) is 21.3 Å². The average molecular weight is 364 g/mol. The van der Waals surface area contributed by atoms with Gasteiger partial charge in [-0.15, -0.1) is 34.0 Å². The molecule has 3 heterocycles. The molecular formula is C16H17N3OS3. The highest BCUT2D eigenvalue weighted by Crippen LogP contribution is 2.32. The summed E-state index contributed by atoms with van der Waals surface area (Å²) in [5, 5.41) is 8.41. The third kappa shape index (κ3) is 3.52. The van der Waals surface area contributed by atoms with Crippen molar-refractivity contribution in [2.75, 3.05) is 5.32 Å². The predicted octanol–water partition coefficient (Wildman–Crippen LogP) is 5.19. The summed E-state index contributed by atoms with van der Waals surface area (Å²) in [6.07, 6.45) is 0. The fourth-order valence-corrected chi connectivity index (χ4v) is 4.63. The van der Waals surface area contributed by atoms with Crippen molar-refractivity contribution in [3.05, 3.63) is 39.2 Å². The minimum Gasteiger partial charge on any atom is -0.297 e. The van der Waals surface area contributed by atoms with Crippen molar-refractivity contribution in [3.8, 4) is 9.88 Å². The van der Waals surface area contributed by atoms with Gasteiger partial charge < -0.3 is 0 Å². The zero-order chi connectivity index (χ0) is 16.6. The van der Waals surface area contributed by atoms with Crippen LogP contribution in [0.4, 0.5) is 5.13 Å². The van der Waals surface area contributed by atoms with E-state index in [1.54, 1.807) is 11.3 Å². The summed E-state index contributed by atoms with van der Waals surface area (Å²) in [5.74, 6) is -0.141. The van der Waals surface area contributed by atoms with Crippen LogP contribution >= 0.6 is 34.0 Å². The maximum absolute atomic E-state index is 12.5. The number of thiophene rings is 1. The maximum atomic E-state index is 12.5. The molecule has 0 aliphatic carbocycles. The molecule has 3 rings (SSSR count). The Labute approximate surface area is 147 Å². The van der Waals surface area contributed by atoms with Crippen molar-refractivity contribution in [3.63, 3.8) is 0 Å². The van der Waals surface area contributed by atoms with E-state index in [1.807, 2.05) is 29.8 Å². The lowest BCUT2D eigenvalue weighted by Crippen LogP contribution is -2.14. The second kappa shape index (κ2) is 6.14. The molecule has 0 saturated carbocycles. The number of aromatic nitrogens is 2. The van der Waals surface area contributed by atoms with Crippen molar-refractivity contribution in [1.82, 2.24) is 9.97 Å². The SMILES string of the molecule is Cc1nc(-c2cccs2)sc1C(=O)Nc1nc(C(C)(C)C)cs1. The number of hydrogen-bond donors (Lipinski definition) is 1. The highest BCUT2D eigenvalue weighted by molar-refractivity contribution is 7.22. The average Bonchev–Trinajstić information content (AvgIpc) is 3.15. The molecule has 0 fully saturated rings. The molecule has 0 atom stereocenters. The van der Waals surface area contributed by atoms with Crippen molar-refractivity contribution >= 4 is 45.0 Å². The van der Waals surface area contributed by atoms with Gasteiger partial charge in [-0.05, 0) is 18.4 Å². The van der Waals surface area contributed by atoms with Gasteiger partial charge in [0, 0.05) is 10.8 Å². The fourth-order valence-electron chi connectivity index (χ4n) is 1.94. The Hall–Kier alpha value is -1.57. The normalized spacial score (nSPS) is 11.7. The van der Waals surface area contributed by atoms with E-state index in [1.165, 1.54) is 22.7 Å². The molecule has 0 aromatic carbocycles. The zero-order valence-corrected chi connectivity index (χ0v) is 15.8. The van der Waals surface area contributed by atoms with Crippen LogP contribution in [0, 0.1) is 6.92 Å². The van der Waals surface area contributed by atoms with Gasteiger partial charge >= 0.3 is 0 Å². The number of thiazole rings is 2. The van der Waals surface area contributed by atoms with Crippen LogP contribution in [0.2, 0.25) is 0 Å². The molecule has 7 heteroatoms. The first-order valence-electron chi connectivity index (χ1n) is 7.13. The first-order valence-corrected chi connectivity index (χ1v) is 9.71. The van der Waals surface area contributed by atoms with Gasteiger partial charge in [-0.1, -0.05) is 26.8 Å². The maximum Gasteiger partial charge on any atom is 0.269 e. The molecule has 0 bridgehead atoms. The van der Waals surface area contributed by atoms with Crippen LogP contribution in [-0.2, 0) is 5.41 Å². The van der Waals surface area contributed by atoms with Crippen LogP contribution in [0.3, 0.4) is 0 Å². The Balaban J connectivity index is 1.80. The van der Waals surface area contributed by atoms with Gasteiger partial charge in [0.2, 0.25) is 0 Å². The summed E-state index contributed by atoms with van der Waals surface area (Å²) in [6.45, 7) is 8.18. The van der Waals surface area contributed by atoms with Gasteiger partial charge in [0.25, 0.3) is 5.91 Å². The molecule has 0 aliphatic rings. The number of carbonyl (C=O) groups is 1. The molecule has 0 radical (unpaired) electrons. The van der Waals surface area contributed by atoms with E-state index in [-0.39, 0.29) is 11.3 Å². The van der Waals surface area contributed by atoms with Crippen LogP contribution in [-0.4, -0.2) is 15.9 Å². The molecule has 4 nitrogen and oxygen atoms in total. The lowest BCUT2D eigenvalue weighted by atomic mass is 9.93. The van der Waals surface area contributed by atoms with Crippen molar-refractivity contribution in [2.24, 2.45) is 0 Å². The van der Waals surface area contributed by atoms with Crippen LogP contribution in [0.15, 0.2) is 22.9 Å². The minimum atomic E-state index is -0.141. The summed E-state index contributed by atoms with van der Waals surface area (Å²) in [4.78, 5) is 23.2. The smallest absolute Gasteiger partial charge is 0.269 e. The largest absolute Gasteiger partial charge is 0.297 e. The third-order valence-corrected chi connectivity index (χ3v) is 6.18. The quantitative estimate of drug-likeness (QED) is 0.697. The highest BCUT2D eigenvalue weighted by atomic mass is 32.1. The Morgan fingerprint density at radius 3 is 2.61 bits per heavy atom. The second-order valence-corrected chi connectivity index (χ2v) is 8.96. The van der Waals surface area contributed by atoms with E-state index >= 15 is 0 Å². The molecule has 0 spiro atoms. The molecule has 120 valence electrons. The molecule has 0 unspecified atom stereocenters. The molecule has 3 aromatic heterocycles. The van der Waals surface area contributed by atoms with Crippen LogP contribution in [0.5, 0.6) is 0 Å². The molecular weight excluding hydrogens is 346 g/mol. The lowest BCUT2D eigenvalue weighted by Gasteiger charge is -2.14. The molecule has 0 aliphatic heterocycles. The van der Waals surface area contributed by atoms with Crippen LogP contribution in [0.1, 0.15) is 41.8 Å². The monoisotopic (exact) mass is 363 g/mol. The first-order chi connectivity index (χ1) is 10.8. The van der Waals surface area contributed by atoms with Crippen molar-refractivity contribution < 1.29 is 4.79 Å². The van der Waals surface area contributed by atoms with E-state index in [9.17, 15) is 4.79 Å². The van der Waals surface area contributed by atoms with Gasteiger partial charge in [0.05, 0.1) is 16.3 Å². The molecule has 0 saturated heterocycles. The number of nitrogens with one attached hydrogen (secondary N) is 1. The van der Waals surface area contributed by atoms with Gasteiger partial charge in [0.15, 0.2) is 5.13 Å². The topological polar surface area (TPSA) is 54.9 Å². The summed E-state index contributed by atoms with van der Waals surface area (Å²) >= 11 is 4.50. The number of rotatable bonds is 3. The third-order valence-electron chi connectivity index (χ3n) is 3.23. The van der Waals surface area contributed by atoms with Crippen LogP contribution < -0.4 is 5.32 Å². The van der Waals surface area contributed by atoms with E-state index < -0.39 is 0 Å². The van der Waals surface area contributed by atoms with Crippen LogP contribution in [0.25, 0.3) is 9.88 Å². The summed E-state index contributed by atoms with van der Waals surface area (Å²) < 4.78 is 0. The number of amides is 1. The van der Waals surface area contributed by atoms with Crippen molar-refractivity contribution in [2.45, 2.75) is 33.1 Å². The van der Waals surface area contributed by atoms with Crippen molar-refractivity contribution in [1.29, 1.82) is 0 Å². The second-order valence-electron chi connectivity index (χ2n) is 6.15. The molecule has 3 aromatic rings. The Bertz CT molecular complexity index is 825. The minimum absolute atomic E-state index is 0.0216. The standard InChI is InChI=1S/C16H17N3OS3/c1-9-12(23-14(17-9)10-6-5-7-21-10)13(20)19-15-18-11(8-22-15)16(2,3)4/h5-8H,1-4H3,(H,18,19,20). The Morgan fingerprint density at radius 2 is 2.00 bits per heavy atom. The van der Waals surface area contributed by atoms with Gasteiger partial charge in [0.1, 0.15) is 9.88 Å². The van der Waals surface area contributed by atoms with Gasteiger partial charge in [-0.25, -0.2) is 9.97 Å². The van der Waals surface area contributed by atoms with E-state index in [0.29, 0.717) is 10.0 Å². The predicted molar refractivity (Wildman–Crippen MR) is 98.9 cm³/mol. The fraction of sp³-hybridized carbons (Fsp3) is 0.312. The number of hydrogen-bond acceptors (Lipinski definition) is 6. The molecule has 1 amide bonds. The number of nitrogens with zero attached hydrogens (tertiary/aromatic N) is 2. The summed E-state index contributed by atoms with van der Waals surface area (Å²) in [5.41, 5.74) is 1.72. The van der Waals surface area contributed by atoms with E-state index in [4.69, 9.17) is 0 Å². The lowest BCUT2D eigenvalue weighted by molar-refractivity contribution is 0.102. The summed E-state index contributed by atoms with van der Waals surface area (Å²) in [7, 11) is 0. The Morgan fingerprint density at radius 1 is 1.22 bits per heavy atom. The molecule has 1 N–H and O–H groups in total.